The molecule has 15 heteroatoms. The Labute approximate surface area is 359 Å². The molecule has 8 N–H and O–H groups in total. The molecule has 328 valence electrons. The zero-order valence-electron chi connectivity index (χ0n) is 36.1. The lowest BCUT2D eigenvalue weighted by Gasteiger charge is -2.32. The summed E-state index contributed by atoms with van der Waals surface area (Å²) in [6.45, 7) is 7.57. The lowest BCUT2D eigenvalue weighted by Crippen LogP contribution is -2.55. The fourth-order valence-corrected chi connectivity index (χ4v) is 7.35. The highest BCUT2D eigenvalue weighted by molar-refractivity contribution is 6.00. The van der Waals surface area contributed by atoms with Crippen molar-refractivity contribution in [1.82, 2.24) is 26.2 Å². The van der Waals surface area contributed by atoms with Crippen LogP contribution in [0.1, 0.15) is 97.9 Å². The zero-order valence-corrected chi connectivity index (χ0v) is 36.1. The molecule has 0 spiro atoms. The Morgan fingerprint density at radius 2 is 1.56 bits per heavy atom. The molecule has 4 atom stereocenters. The molecule has 1 aliphatic rings. The van der Waals surface area contributed by atoms with Gasteiger partial charge in [-0.3, -0.25) is 24.0 Å². The minimum atomic E-state index is -1.32. The van der Waals surface area contributed by atoms with Crippen molar-refractivity contribution in [3.05, 3.63) is 82.4 Å². The van der Waals surface area contributed by atoms with Crippen LogP contribution in [0.5, 0.6) is 11.5 Å². The molecule has 61 heavy (non-hydrogen) atoms. The van der Waals surface area contributed by atoms with Crippen molar-refractivity contribution in [3.63, 3.8) is 0 Å². The van der Waals surface area contributed by atoms with Crippen LogP contribution in [0.3, 0.4) is 0 Å². The summed E-state index contributed by atoms with van der Waals surface area (Å²) in [5, 5.41) is 19.9. The Balaban J connectivity index is 1.72. The molecule has 0 aliphatic carbocycles. The first-order valence-electron chi connectivity index (χ1n) is 21.2. The number of carbonyl (C=O) groups excluding carboxylic acids is 5. The SMILES string of the molecule is CCCCCCCCc1ccc(C(=O)N[C@@H](C)C(=O)N(C)[C@@H]2C(=O)N[C@@H](C)C(=O)N[C@H](C(=O)NCC#N)Cc3ccc(OCCN)c(c3)-c3cc2ccc3OCCN)c(C)c1. The summed E-state index contributed by atoms with van der Waals surface area (Å²) in [5.74, 6) is -2.14. The van der Waals surface area contributed by atoms with Gasteiger partial charge in [0.2, 0.25) is 23.6 Å². The van der Waals surface area contributed by atoms with Crippen LogP contribution in [0, 0.1) is 18.3 Å². The number of rotatable bonds is 19. The van der Waals surface area contributed by atoms with E-state index in [1.54, 1.807) is 49.4 Å². The van der Waals surface area contributed by atoms with Crippen molar-refractivity contribution in [2.45, 2.75) is 103 Å². The highest BCUT2D eigenvalue weighted by Gasteiger charge is 2.35. The summed E-state index contributed by atoms with van der Waals surface area (Å²) in [6.07, 6.45) is 8.10. The number of nitrogens with one attached hydrogen (secondary N) is 4. The van der Waals surface area contributed by atoms with Crippen LogP contribution in [-0.4, -0.2) is 92.5 Å². The number of unbranched alkanes of at least 4 members (excludes halogenated alkanes) is 5. The summed E-state index contributed by atoms with van der Waals surface area (Å²) >= 11 is 0. The molecule has 3 aromatic carbocycles. The maximum absolute atomic E-state index is 14.4. The first-order chi connectivity index (χ1) is 29.3. The van der Waals surface area contributed by atoms with Gasteiger partial charge >= 0.3 is 0 Å². The molecule has 1 aliphatic heterocycles. The predicted molar refractivity (Wildman–Crippen MR) is 234 cm³/mol. The lowest BCUT2D eigenvalue weighted by atomic mass is 9.93. The molecule has 5 amide bonds. The van der Waals surface area contributed by atoms with Gasteiger partial charge in [0.15, 0.2) is 0 Å². The number of carbonyl (C=O) groups is 5. The second-order valence-corrected chi connectivity index (χ2v) is 15.4. The van der Waals surface area contributed by atoms with Gasteiger partial charge in [-0.15, -0.1) is 0 Å². The molecular formula is C46H62N8O7. The summed E-state index contributed by atoms with van der Waals surface area (Å²) < 4.78 is 12.2. The van der Waals surface area contributed by atoms with Crippen LogP contribution in [0.15, 0.2) is 54.6 Å². The number of likely N-dealkylation sites (N-methyl/N-ethyl adjacent to an activating group) is 1. The minimum absolute atomic E-state index is 0.0266. The first-order valence-corrected chi connectivity index (χ1v) is 21.2. The quantitative estimate of drug-likeness (QED) is 0.0757. The predicted octanol–water partition coefficient (Wildman–Crippen LogP) is 3.74. The van der Waals surface area contributed by atoms with Crippen LogP contribution in [0.25, 0.3) is 11.1 Å². The van der Waals surface area contributed by atoms with Gasteiger partial charge in [0, 0.05) is 43.2 Å². The largest absolute Gasteiger partial charge is 0.492 e. The molecule has 0 radical (unpaired) electrons. The van der Waals surface area contributed by atoms with E-state index in [-0.39, 0.29) is 39.3 Å². The molecule has 3 aromatic rings. The van der Waals surface area contributed by atoms with Crippen molar-refractivity contribution in [2.75, 3.05) is 39.9 Å². The van der Waals surface area contributed by atoms with Gasteiger partial charge in [-0.05, 0) is 86.2 Å². The van der Waals surface area contributed by atoms with E-state index >= 15 is 0 Å². The van der Waals surface area contributed by atoms with Crippen LogP contribution in [0.2, 0.25) is 0 Å². The van der Waals surface area contributed by atoms with Crippen LogP contribution < -0.4 is 42.2 Å². The molecule has 1 heterocycles. The van der Waals surface area contributed by atoms with Gasteiger partial charge in [-0.2, -0.15) is 5.26 Å². The van der Waals surface area contributed by atoms with Crippen molar-refractivity contribution in [3.8, 4) is 28.7 Å². The third-order valence-electron chi connectivity index (χ3n) is 10.6. The molecule has 4 rings (SSSR count). The number of benzene rings is 3. The van der Waals surface area contributed by atoms with Gasteiger partial charge in [-0.1, -0.05) is 63.3 Å². The number of hydrogen-bond donors (Lipinski definition) is 6. The average Bonchev–Trinajstić information content (AvgIpc) is 3.24. The number of nitrogens with zero attached hydrogens (tertiary/aromatic N) is 2. The molecule has 0 unspecified atom stereocenters. The normalized spacial score (nSPS) is 16.8. The van der Waals surface area contributed by atoms with Crippen molar-refractivity contribution < 1.29 is 33.4 Å². The third kappa shape index (κ3) is 13.3. The van der Waals surface area contributed by atoms with Gasteiger partial charge < -0.3 is 47.1 Å². The molecule has 0 aromatic heterocycles. The minimum Gasteiger partial charge on any atom is -0.492 e. The summed E-state index contributed by atoms with van der Waals surface area (Å²) in [7, 11) is 1.45. The van der Waals surface area contributed by atoms with E-state index in [9.17, 15) is 24.0 Å². The Morgan fingerprint density at radius 3 is 2.21 bits per heavy atom. The van der Waals surface area contributed by atoms with E-state index < -0.39 is 53.7 Å². The highest BCUT2D eigenvalue weighted by atomic mass is 16.5. The maximum Gasteiger partial charge on any atom is 0.252 e. The van der Waals surface area contributed by atoms with Crippen LogP contribution >= 0.6 is 0 Å². The van der Waals surface area contributed by atoms with Gasteiger partial charge in [-0.25, -0.2) is 0 Å². The fraction of sp³-hybridized carbons (Fsp3) is 0.478. The Hall–Kier alpha value is -5.98. The molecule has 0 fully saturated rings. The van der Waals surface area contributed by atoms with E-state index in [0.717, 1.165) is 30.4 Å². The average molecular weight is 839 g/mol. The standard InChI is InChI=1S/C46H62N8O7/c1-6-7-8-9-10-11-12-32-13-16-35(29(2)25-32)43(56)52-31(4)46(59)54(5)41-34-15-18-40(61-24-21-49)37(28-34)36-26-33(14-17-39(36)60-23-20-48)27-38(44(57)50-22-19-47)53-42(55)30(3)51-45(41)58/h13-18,25-26,28,30-31,38,41H,6-12,20-24,27,48-49H2,1-5H3,(H,50,57)(H,51,58)(H,52,56)(H,53,55)/t30-,31-,38-,41-/m0/s1. The monoisotopic (exact) mass is 838 g/mol. The number of hydrogen-bond acceptors (Lipinski definition) is 10. The lowest BCUT2D eigenvalue weighted by molar-refractivity contribution is -0.141. The molecule has 15 nitrogen and oxygen atoms in total. The molecule has 0 saturated carbocycles. The Bertz CT molecular complexity index is 2050. The van der Waals surface area contributed by atoms with Crippen molar-refractivity contribution in [2.24, 2.45) is 11.5 Å². The fourth-order valence-electron chi connectivity index (χ4n) is 7.35. The topological polar surface area (TPSA) is 231 Å². The Kier molecular flexibility index (Phi) is 18.5. The van der Waals surface area contributed by atoms with Crippen LogP contribution in [-0.2, 0) is 32.0 Å². The maximum atomic E-state index is 14.4. The number of aryl methyl sites for hydroxylation is 2. The Morgan fingerprint density at radius 1 is 0.902 bits per heavy atom. The summed E-state index contributed by atoms with van der Waals surface area (Å²) in [5.41, 5.74) is 16.0. The van der Waals surface area contributed by atoms with Gasteiger partial charge in [0.1, 0.15) is 55.4 Å². The summed E-state index contributed by atoms with van der Waals surface area (Å²) in [4.78, 5) is 70.4. The second kappa shape index (κ2) is 23.7. The van der Waals surface area contributed by atoms with Crippen molar-refractivity contribution >= 4 is 29.5 Å². The summed E-state index contributed by atoms with van der Waals surface area (Å²) in [6, 6.07) is 13.2. The number of ether oxygens (including phenoxy) is 2. The number of fused-ring (bicyclic) bond motifs is 5. The molecule has 4 bridgehead atoms. The van der Waals surface area contributed by atoms with Gasteiger partial charge in [0.25, 0.3) is 5.91 Å². The van der Waals surface area contributed by atoms with E-state index in [4.69, 9.17) is 26.2 Å². The smallest absolute Gasteiger partial charge is 0.252 e. The number of amides is 5. The first kappa shape index (κ1) is 47.7. The second-order valence-electron chi connectivity index (χ2n) is 15.4. The third-order valence-corrected chi connectivity index (χ3v) is 10.6. The van der Waals surface area contributed by atoms with E-state index in [0.29, 0.717) is 39.3 Å². The van der Waals surface area contributed by atoms with E-state index in [1.807, 2.05) is 25.1 Å². The van der Waals surface area contributed by atoms with E-state index in [1.165, 1.54) is 44.6 Å². The zero-order chi connectivity index (χ0) is 44.5. The molecule has 0 saturated heterocycles. The number of nitriles is 1. The number of nitrogens with two attached hydrogens (primary N) is 2. The van der Waals surface area contributed by atoms with Gasteiger partial charge in [0.05, 0.1) is 6.07 Å². The van der Waals surface area contributed by atoms with E-state index in [2.05, 4.69) is 28.2 Å². The highest BCUT2D eigenvalue weighted by Crippen LogP contribution is 2.40. The molecular weight excluding hydrogens is 777 g/mol. The van der Waals surface area contributed by atoms with Crippen LogP contribution in [0.4, 0.5) is 0 Å². The van der Waals surface area contributed by atoms with Crippen molar-refractivity contribution in [1.29, 1.82) is 5.26 Å².